The Labute approximate surface area is 122 Å². The first-order chi connectivity index (χ1) is 10.3. The minimum atomic E-state index is -0.398. The van der Waals surface area contributed by atoms with Crippen LogP contribution in [0.5, 0.6) is 0 Å². The zero-order chi connectivity index (χ0) is 14.3. The number of ether oxygens (including phenoxy) is 2. The first-order valence-corrected chi connectivity index (χ1v) is 7.25. The Bertz CT molecular complexity index is 660. The minimum absolute atomic E-state index is 0.249. The van der Waals surface area contributed by atoms with Crippen molar-refractivity contribution >= 4 is 16.6 Å². The molecule has 2 aliphatic rings. The third-order valence-corrected chi connectivity index (χ3v) is 4.27. The third-order valence-electron chi connectivity index (χ3n) is 4.27. The molecule has 2 fully saturated rings. The van der Waals surface area contributed by atoms with Crippen LogP contribution in [0.25, 0.3) is 10.9 Å². The summed E-state index contributed by atoms with van der Waals surface area (Å²) in [5.74, 6) is -0.647. The van der Waals surface area contributed by atoms with Crippen molar-refractivity contribution < 1.29 is 13.9 Å². The first kappa shape index (κ1) is 13.0. The van der Waals surface area contributed by atoms with E-state index >= 15 is 0 Å². The van der Waals surface area contributed by atoms with E-state index < -0.39 is 5.79 Å². The quantitative estimate of drug-likeness (QED) is 0.807. The predicted octanol–water partition coefficient (Wildman–Crippen LogP) is 2.52. The molecule has 21 heavy (non-hydrogen) atoms. The molecule has 0 atom stereocenters. The van der Waals surface area contributed by atoms with Crippen LogP contribution >= 0.6 is 0 Å². The van der Waals surface area contributed by atoms with E-state index in [-0.39, 0.29) is 5.82 Å². The van der Waals surface area contributed by atoms with Gasteiger partial charge in [0.25, 0.3) is 0 Å². The number of piperidine rings is 1. The fraction of sp³-hybridized carbons (Fsp3) is 0.438. The Balaban J connectivity index is 1.64. The second kappa shape index (κ2) is 4.93. The Kier molecular flexibility index (Phi) is 3.05. The second-order valence-corrected chi connectivity index (χ2v) is 5.51. The Hall–Kier alpha value is -1.72. The molecule has 0 N–H and O–H groups in total. The summed E-state index contributed by atoms with van der Waals surface area (Å²) in [6.07, 6.45) is 3.29. The van der Waals surface area contributed by atoms with Gasteiger partial charge in [-0.2, -0.15) is 0 Å². The lowest BCUT2D eigenvalue weighted by atomic mass is 10.0. The number of halogens is 1. The molecule has 0 bridgehead atoms. The normalized spacial score (nSPS) is 21.3. The van der Waals surface area contributed by atoms with Crippen LogP contribution in [-0.4, -0.2) is 37.1 Å². The molecule has 1 aromatic heterocycles. The standard InChI is InChI=1S/C16H16FN2O2/c17-12-1-2-14-13(11-12)15(3-6-18-14)19-7-4-16(5-8-19)20-9-10-21-16/h1-2,6,11H,4-5,7-10H2. The minimum Gasteiger partial charge on any atom is -0.370 e. The Morgan fingerprint density at radius 2 is 1.95 bits per heavy atom. The van der Waals surface area contributed by atoms with Crippen molar-refractivity contribution in [2.75, 3.05) is 31.2 Å². The van der Waals surface area contributed by atoms with Crippen LogP contribution in [0, 0.1) is 11.9 Å². The first-order valence-electron chi connectivity index (χ1n) is 7.25. The molecule has 1 aromatic carbocycles. The van der Waals surface area contributed by atoms with Gasteiger partial charge in [-0.15, -0.1) is 0 Å². The van der Waals surface area contributed by atoms with E-state index in [4.69, 9.17) is 9.47 Å². The van der Waals surface area contributed by atoms with Crippen LogP contribution in [0.2, 0.25) is 0 Å². The van der Waals surface area contributed by atoms with E-state index in [1.165, 1.54) is 12.1 Å². The van der Waals surface area contributed by atoms with Crippen molar-refractivity contribution in [2.45, 2.75) is 18.6 Å². The van der Waals surface area contributed by atoms with Gasteiger partial charge in [0.15, 0.2) is 5.79 Å². The van der Waals surface area contributed by atoms with Gasteiger partial charge in [0, 0.05) is 43.6 Å². The molecule has 3 heterocycles. The number of pyridine rings is 1. The summed E-state index contributed by atoms with van der Waals surface area (Å²) in [6, 6.07) is 7.82. The molecular formula is C16H16FN2O2. The van der Waals surface area contributed by atoms with E-state index in [1.807, 2.05) is 0 Å². The summed E-state index contributed by atoms with van der Waals surface area (Å²) in [4.78, 5) is 6.46. The molecule has 0 unspecified atom stereocenters. The summed E-state index contributed by atoms with van der Waals surface area (Å²) < 4.78 is 25.0. The van der Waals surface area contributed by atoms with Gasteiger partial charge in [-0.25, -0.2) is 4.39 Å². The maximum Gasteiger partial charge on any atom is 0.171 e. The molecular weight excluding hydrogens is 271 g/mol. The summed E-state index contributed by atoms with van der Waals surface area (Å²) in [6.45, 7) is 2.98. The molecule has 2 aromatic rings. The molecule has 2 aliphatic heterocycles. The van der Waals surface area contributed by atoms with Gasteiger partial charge < -0.3 is 14.4 Å². The molecule has 4 rings (SSSR count). The van der Waals surface area contributed by atoms with Crippen LogP contribution in [0.3, 0.4) is 0 Å². The van der Waals surface area contributed by atoms with Crippen LogP contribution in [0.15, 0.2) is 24.4 Å². The van der Waals surface area contributed by atoms with E-state index in [0.717, 1.165) is 42.5 Å². The average molecular weight is 287 g/mol. The van der Waals surface area contributed by atoms with Crippen molar-refractivity contribution in [2.24, 2.45) is 0 Å². The molecule has 0 saturated carbocycles. The van der Waals surface area contributed by atoms with E-state index in [9.17, 15) is 4.39 Å². The number of aromatic nitrogens is 1. The summed E-state index contributed by atoms with van der Waals surface area (Å²) >= 11 is 0. The van der Waals surface area contributed by atoms with Crippen molar-refractivity contribution in [3.63, 3.8) is 0 Å². The Morgan fingerprint density at radius 1 is 1.19 bits per heavy atom. The van der Waals surface area contributed by atoms with Crippen LogP contribution in [-0.2, 0) is 9.47 Å². The summed E-state index contributed by atoms with van der Waals surface area (Å²) in [5, 5.41) is 0.807. The topological polar surface area (TPSA) is 34.6 Å². The van der Waals surface area contributed by atoms with Gasteiger partial charge >= 0.3 is 0 Å². The Morgan fingerprint density at radius 3 is 2.71 bits per heavy atom. The van der Waals surface area contributed by atoms with Gasteiger partial charge in [-0.3, -0.25) is 4.98 Å². The fourth-order valence-corrected chi connectivity index (χ4v) is 3.17. The van der Waals surface area contributed by atoms with Gasteiger partial charge in [-0.05, 0) is 18.2 Å². The number of hydrogen-bond acceptors (Lipinski definition) is 4. The molecule has 1 radical (unpaired) electrons. The monoisotopic (exact) mass is 287 g/mol. The number of fused-ring (bicyclic) bond motifs is 1. The molecule has 0 amide bonds. The van der Waals surface area contributed by atoms with E-state index in [0.29, 0.717) is 13.2 Å². The lowest BCUT2D eigenvalue weighted by molar-refractivity contribution is -0.169. The summed E-state index contributed by atoms with van der Waals surface area (Å²) in [5.41, 5.74) is 1.70. The molecule has 5 heteroatoms. The predicted molar refractivity (Wildman–Crippen MR) is 76.6 cm³/mol. The highest BCUT2D eigenvalue weighted by molar-refractivity contribution is 5.91. The average Bonchev–Trinajstić information content (AvgIpc) is 2.96. The number of rotatable bonds is 1. The summed E-state index contributed by atoms with van der Waals surface area (Å²) in [7, 11) is 0. The third kappa shape index (κ3) is 2.26. The lowest BCUT2D eigenvalue weighted by Gasteiger charge is -2.38. The van der Waals surface area contributed by atoms with Gasteiger partial charge in [0.2, 0.25) is 0 Å². The maximum atomic E-state index is 13.5. The lowest BCUT2D eigenvalue weighted by Crippen LogP contribution is -2.45. The van der Waals surface area contributed by atoms with Crippen LogP contribution in [0.1, 0.15) is 12.8 Å². The molecule has 109 valence electrons. The van der Waals surface area contributed by atoms with Gasteiger partial charge in [0.1, 0.15) is 5.82 Å². The van der Waals surface area contributed by atoms with Gasteiger partial charge in [0.05, 0.1) is 24.4 Å². The highest BCUT2D eigenvalue weighted by Gasteiger charge is 2.40. The number of nitrogens with zero attached hydrogens (tertiary/aromatic N) is 2. The molecule has 0 aliphatic carbocycles. The molecule has 1 spiro atoms. The maximum absolute atomic E-state index is 13.5. The highest BCUT2D eigenvalue weighted by Crippen LogP contribution is 2.35. The fourth-order valence-electron chi connectivity index (χ4n) is 3.17. The van der Waals surface area contributed by atoms with Crippen molar-refractivity contribution in [3.05, 3.63) is 36.3 Å². The zero-order valence-electron chi connectivity index (χ0n) is 11.6. The highest BCUT2D eigenvalue weighted by atomic mass is 19.1. The molecule has 4 nitrogen and oxygen atoms in total. The van der Waals surface area contributed by atoms with E-state index in [1.54, 1.807) is 12.3 Å². The largest absolute Gasteiger partial charge is 0.370 e. The smallest absolute Gasteiger partial charge is 0.171 e. The zero-order valence-corrected chi connectivity index (χ0v) is 11.6. The van der Waals surface area contributed by atoms with Crippen molar-refractivity contribution in [1.82, 2.24) is 4.98 Å². The SMILES string of the molecule is Fc1ccc2nc[c]c(N3CCC4(CC3)OCCO4)c2c1. The second-order valence-electron chi connectivity index (χ2n) is 5.51. The molecule has 2 saturated heterocycles. The number of hydrogen-bond donors (Lipinski definition) is 0. The van der Waals surface area contributed by atoms with Crippen molar-refractivity contribution in [1.29, 1.82) is 0 Å². The van der Waals surface area contributed by atoms with Crippen molar-refractivity contribution in [3.8, 4) is 0 Å². The number of anilines is 1. The number of benzene rings is 1. The van der Waals surface area contributed by atoms with Gasteiger partial charge in [-0.1, -0.05) is 0 Å². The van der Waals surface area contributed by atoms with Crippen LogP contribution < -0.4 is 4.90 Å². The van der Waals surface area contributed by atoms with E-state index in [2.05, 4.69) is 16.0 Å². The van der Waals surface area contributed by atoms with Crippen LogP contribution in [0.4, 0.5) is 10.1 Å².